The fraction of sp³-hybridized carbons (Fsp3) is 0.423. The van der Waals surface area contributed by atoms with Crippen molar-refractivity contribution < 1.29 is 24.2 Å². The van der Waals surface area contributed by atoms with E-state index in [2.05, 4.69) is 34.9 Å². The van der Waals surface area contributed by atoms with Crippen LogP contribution in [0, 0.1) is 5.92 Å². The highest BCUT2D eigenvalue weighted by atomic mass is 16.5. The molecule has 0 aromatic heterocycles. The number of benzene rings is 2. The van der Waals surface area contributed by atoms with E-state index >= 15 is 0 Å². The van der Waals surface area contributed by atoms with E-state index in [0.29, 0.717) is 25.8 Å². The second kappa shape index (κ2) is 10.5. The van der Waals surface area contributed by atoms with Gasteiger partial charge in [0, 0.05) is 30.8 Å². The van der Waals surface area contributed by atoms with Gasteiger partial charge in [0.25, 0.3) is 0 Å². The van der Waals surface area contributed by atoms with Crippen molar-refractivity contribution in [3.05, 3.63) is 59.7 Å². The predicted molar refractivity (Wildman–Crippen MR) is 124 cm³/mol. The molecule has 0 radical (unpaired) electrons. The molecular weight excluding hydrogens is 420 g/mol. The van der Waals surface area contributed by atoms with Gasteiger partial charge in [-0.3, -0.25) is 9.59 Å². The lowest BCUT2D eigenvalue weighted by Gasteiger charge is -2.34. The molecule has 2 aliphatic carbocycles. The Balaban J connectivity index is 1.16. The number of unbranched alkanes of at least 4 members (excludes halogenated alkanes) is 2. The van der Waals surface area contributed by atoms with Crippen LogP contribution >= 0.6 is 0 Å². The maximum absolute atomic E-state index is 12.3. The van der Waals surface area contributed by atoms with Crippen LogP contribution < -0.4 is 10.6 Å². The van der Waals surface area contributed by atoms with Crippen molar-refractivity contribution in [3.63, 3.8) is 0 Å². The fourth-order valence-corrected chi connectivity index (χ4v) is 4.69. The van der Waals surface area contributed by atoms with Gasteiger partial charge >= 0.3 is 12.1 Å². The van der Waals surface area contributed by atoms with Crippen LogP contribution in [-0.4, -0.2) is 42.3 Å². The lowest BCUT2D eigenvalue weighted by atomic mass is 9.79. The highest BCUT2D eigenvalue weighted by Crippen LogP contribution is 2.44. The van der Waals surface area contributed by atoms with Crippen LogP contribution in [0.4, 0.5) is 4.79 Å². The number of carboxylic acids is 1. The molecule has 0 atom stereocenters. The highest BCUT2D eigenvalue weighted by molar-refractivity contribution is 5.80. The zero-order valence-corrected chi connectivity index (χ0v) is 18.6. The minimum Gasteiger partial charge on any atom is -0.481 e. The number of amides is 2. The smallest absolute Gasteiger partial charge is 0.407 e. The summed E-state index contributed by atoms with van der Waals surface area (Å²) in [6.07, 6.45) is 3.11. The Kier molecular flexibility index (Phi) is 7.27. The Morgan fingerprint density at radius 1 is 0.909 bits per heavy atom. The van der Waals surface area contributed by atoms with E-state index in [1.165, 1.54) is 22.3 Å². The van der Waals surface area contributed by atoms with Crippen LogP contribution in [0.3, 0.4) is 0 Å². The summed E-state index contributed by atoms with van der Waals surface area (Å²) < 4.78 is 5.57. The first-order valence-electron chi connectivity index (χ1n) is 11.6. The average Bonchev–Trinajstić information content (AvgIpc) is 3.10. The van der Waals surface area contributed by atoms with Crippen molar-refractivity contribution in [3.8, 4) is 11.1 Å². The Hall–Kier alpha value is -3.35. The molecular formula is C26H30N2O5. The van der Waals surface area contributed by atoms with Crippen molar-refractivity contribution in [1.82, 2.24) is 10.6 Å². The molecule has 2 aromatic rings. The van der Waals surface area contributed by atoms with Crippen LogP contribution in [-0.2, 0) is 14.3 Å². The number of hydrogen-bond acceptors (Lipinski definition) is 4. The van der Waals surface area contributed by atoms with Crippen molar-refractivity contribution >= 4 is 18.0 Å². The molecule has 7 heteroatoms. The topological polar surface area (TPSA) is 105 Å². The standard InChI is InChI=1S/C26H30N2O5/c29-24(30)12-2-1-7-13-27-25(31)17-14-18(15-17)28-26(32)33-16-23-21-10-5-3-8-19(21)20-9-4-6-11-22(20)23/h3-6,8-11,17-18,23H,1-2,7,12-16H2,(H,27,31)(H,28,32)(H,29,30). The van der Waals surface area contributed by atoms with Gasteiger partial charge in [0.2, 0.25) is 5.91 Å². The van der Waals surface area contributed by atoms with E-state index < -0.39 is 12.1 Å². The number of carbonyl (C=O) groups excluding carboxylic acids is 2. The molecule has 0 saturated heterocycles. The zero-order chi connectivity index (χ0) is 23.2. The van der Waals surface area contributed by atoms with Crippen molar-refractivity contribution in [2.24, 2.45) is 5.92 Å². The summed E-state index contributed by atoms with van der Waals surface area (Å²) in [5.74, 6) is -0.858. The Morgan fingerprint density at radius 2 is 1.55 bits per heavy atom. The number of alkyl carbamates (subject to hydrolysis) is 1. The van der Waals surface area contributed by atoms with Gasteiger partial charge in [-0.2, -0.15) is 0 Å². The number of fused-ring (bicyclic) bond motifs is 3. The van der Waals surface area contributed by atoms with E-state index in [0.717, 1.165) is 12.8 Å². The van der Waals surface area contributed by atoms with Gasteiger partial charge in [0.1, 0.15) is 6.61 Å². The number of hydrogen-bond donors (Lipinski definition) is 3. The first-order chi connectivity index (χ1) is 16.0. The van der Waals surface area contributed by atoms with Crippen molar-refractivity contribution in [2.45, 2.75) is 50.5 Å². The van der Waals surface area contributed by atoms with Crippen LogP contribution in [0.25, 0.3) is 11.1 Å². The largest absolute Gasteiger partial charge is 0.481 e. The van der Waals surface area contributed by atoms with E-state index in [1.807, 2.05) is 24.3 Å². The van der Waals surface area contributed by atoms with E-state index in [4.69, 9.17) is 9.84 Å². The molecule has 0 heterocycles. The summed E-state index contributed by atoms with van der Waals surface area (Å²) >= 11 is 0. The molecule has 3 N–H and O–H groups in total. The second-order valence-corrected chi connectivity index (χ2v) is 8.83. The molecule has 2 aliphatic rings. The van der Waals surface area contributed by atoms with Gasteiger partial charge in [-0.25, -0.2) is 4.79 Å². The number of carbonyl (C=O) groups is 3. The first-order valence-corrected chi connectivity index (χ1v) is 11.6. The van der Waals surface area contributed by atoms with Gasteiger partial charge < -0.3 is 20.5 Å². The first kappa shape index (κ1) is 22.8. The molecule has 0 unspecified atom stereocenters. The Labute approximate surface area is 193 Å². The third-order valence-electron chi connectivity index (χ3n) is 6.54. The zero-order valence-electron chi connectivity index (χ0n) is 18.6. The lowest BCUT2D eigenvalue weighted by molar-refractivity contribution is -0.137. The van der Waals surface area contributed by atoms with Crippen LogP contribution in [0.2, 0.25) is 0 Å². The summed E-state index contributed by atoms with van der Waals surface area (Å²) in [6.45, 7) is 0.831. The Bertz CT molecular complexity index is 970. The lowest BCUT2D eigenvalue weighted by Crippen LogP contribution is -2.49. The van der Waals surface area contributed by atoms with Gasteiger partial charge in [-0.15, -0.1) is 0 Å². The average molecular weight is 451 g/mol. The van der Waals surface area contributed by atoms with Gasteiger partial charge in [0.05, 0.1) is 0 Å². The second-order valence-electron chi connectivity index (χ2n) is 8.83. The number of aliphatic carboxylic acids is 1. The van der Waals surface area contributed by atoms with Gasteiger partial charge in [0.15, 0.2) is 0 Å². The van der Waals surface area contributed by atoms with E-state index in [1.54, 1.807) is 0 Å². The number of ether oxygens (including phenoxy) is 1. The van der Waals surface area contributed by atoms with Crippen molar-refractivity contribution in [2.75, 3.05) is 13.2 Å². The molecule has 174 valence electrons. The van der Waals surface area contributed by atoms with Gasteiger partial charge in [-0.1, -0.05) is 55.0 Å². The maximum atomic E-state index is 12.3. The molecule has 4 rings (SSSR count). The quantitative estimate of drug-likeness (QED) is 0.474. The van der Waals surface area contributed by atoms with E-state index in [-0.39, 0.29) is 36.8 Å². The normalized spacial score (nSPS) is 18.5. The summed E-state index contributed by atoms with van der Waals surface area (Å²) in [6, 6.07) is 16.4. The highest BCUT2D eigenvalue weighted by Gasteiger charge is 2.36. The summed E-state index contributed by atoms with van der Waals surface area (Å²) in [7, 11) is 0. The molecule has 7 nitrogen and oxygen atoms in total. The molecule has 0 bridgehead atoms. The predicted octanol–water partition coefficient (Wildman–Crippen LogP) is 4.06. The van der Waals surface area contributed by atoms with Gasteiger partial charge in [-0.05, 0) is 47.9 Å². The minimum atomic E-state index is -0.788. The van der Waals surface area contributed by atoms with E-state index in [9.17, 15) is 14.4 Å². The minimum absolute atomic E-state index is 0.00109. The maximum Gasteiger partial charge on any atom is 0.407 e. The third kappa shape index (κ3) is 5.53. The monoisotopic (exact) mass is 450 g/mol. The molecule has 1 fully saturated rings. The fourth-order valence-electron chi connectivity index (χ4n) is 4.69. The number of carboxylic acid groups (broad SMARTS) is 1. The molecule has 2 aromatic carbocycles. The number of nitrogens with one attached hydrogen (secondary N) is 2. The molecule has 1 saturated carbocycles. The molecule has 2 amide bonds. The van der Waals surface area contributed by atoms with Crippen LogP contribution in [0.15, 0.2) is 48.5 Å². The summed E-state index contributed by atoms with van der Waals surface area (Å²) in [5, 5.41) is 14.4. The summed E-state index contributed by atoms with van der Waals surface area (Å²) in [5.41, 5.74) is 4.73. The van der Waals surface area contributed by atoms with Crippen LogP contribution in [0.1, 0.15) is 55.6 Å². The third-order valence-corrected chi connectivity index (χ3v) is 6.54. The summed E-state index contributed by atoms with van der Waals surface area (Å²) in [4.78, 5) is 35.0. The number of rotatable bonds is 10. The van der Waals surface area contributed by atoms with Crippen molar-refractivity contribution in [1.29, 1.82) is 0 Å². The molecule has 33 heavy (non-hydrogen) atoms. The SMILES string of the molecule is O=C(O)CCCCCNC(=O)C1CC(NC(=O)OCC2c3ccccc3-c3ccccc32)C1. The Morgan fingerprint density at radius 3 is 2.18 bits per heavy atom. The van der Waals surface area contributed by atoms with Crippen LogP contribution in [0.5, 0.6) is 0 Å². The molecule has 0 aliphatic heterocycles. The molecule has 0 spiro atoms.